The van der Waals surface area contributed by atoms with Gasteiger partial charge in [0.1, 0.15) is 22.5 Å². The molecule has 0 fully saturated rings. The molecular formula is C20H26ClF3N4. The Kier molecular flexibility index (Phi) is 8.16. The maximum atomic E-state index is 13.1. The summed E-state index contributed by atoms with van der Waals surface area (Å²) in [4.78, 5) is 17.5. The van der Waals surface area contributed by atoms with Crippen molar-refractivity contribution in [2.75, 3.05) is 0 Å². The van der Waals surface area contributed by atoms with E-state index in [1.54, 1.807) is 25.1 Å². The third-order valence-electron chi connectivity index (χ3n) is 4.90. The van der Waals surface area contributed by atoms with Crippen LogP contribution >= 0.6 is 11.6 Å². The van der Waals surface area contributed by atoms with Crippen molar-refractivity contribution in [3.05, 3.63) is 35.0 Å². The van der Waals surface area contributed by atoms with Crippen LogP contribution < -0.4 is 0 Å². The number of nitrogens with zero attached hydrogens (tertiary/aromatic N) is 4. The second kappa shape index (κ2) is 10.1. The second-order valence-electron chi connectivity index (χ2n) is 7.07. The zero-order valence-electron chi connectivity index (χ0n) is 16.4. The molecule has 0 bridgehead atoms. The lowest BCUT2D eigenvalue weighted by Crippen LogP contribution is -2.23. The van der Waals surface area contributed by atoms with Crippen molar-refractivity contribution < 1.29 is 13.2 Å². The Bertz CT molecular complexity index is 767. The van der Waals surface area contributed by atoms with Crippen LogP contribution in [0.15, 0.2) is 18.2 Å². The highest BCUT2D eigenvalue weighted by molar-refractivity contribution is 6.29. The monoisotopic (exact) mass is 414 g/mol. The third-order valence-corrected chi connectivity index (χ3v) is 5.11. The number of alkyl halides is 3. The third kappa shape index (κ3) is 6.69. The summed E-state index contributed by atoms with van der Waals surface area (Å²) in [6.07, 6.45) is -1.47. The van der Waals surface area contributed by atoms with Gasteiger partial charge < -0.3 is 0 Å². The van der Waals surface area contributed by atoms with E-state index in [4.69, 9.17) is 11.6 Å². The fraction of sp³-hybridized carbons (Fsp3) is 0.600. The molecule has 0 saturated carbocycles. The molecule has 0 saturated heterocycles. The lowest BCUT2D eigenvalue weighted by atomic mass is 9.99. The van der Waals surface area contributed by atoms with E-state index in [0.717, 1.165) is 12.8 Å². The van der Waals surface area contributed by atoms with Crippen LogP contribution in [-0.2, 0) is 12.8 Å². The van der Waals surface area contributed by atoms with Gasteiger partial charge in [0.05, 0.1) is 5.92 Å². The van der Waals surface area contributed by atoms with E-state index < -0.39 is 12.1 Å². The Labute approximate surface area is 169 Å². The molecule has 0 aliphatic heterocycles. The molecule has 0 aliphatic carbocycles. The molecule has 0 amide bonds. The molecule has 154 valence electrons. The van der Waals surface area contributed by atoms with Gasteiger partial charge in [0.15, 0.2) is 5.82 Å². The predicted octanol–water partition coefficient (Wildman–Crippen LogP) is 6.09. The van der Waals surface area contributed by atoms with Crippen LogP contribution in [0.5, 0.6) is 0 Å². The Morgan fingerprint density at radius 3 is 2.11 bits per heavy atom. The maximum absolute atomic E-state index is 13.1. The van der Waals surface area contributed by atoms with Crippen molar-refractivity contribution in [1.29, 1.82) is 0 Å². The first kappa shape index (κ1) is 22.5. The summed E-state index contributed by atoms with van der Waals surface area (Å²) < 4.78 is 39.2. The first-order valence-corrected chi connectivity index (χ1v) is 10.0. The standard InChI is InChI=1S/C20H26ClF3N4/c1-4-13(3)9-11-17-26-18(12-10-14(5-2)20(22,23)24)28-19(27-17)15-7-6-8-16(21)25-15/h6-8,13-14H,4-5,9-12H2,1-3H3/t13-,14-/m0/s1. The quantitative estimate of drug-likeness (QED) is 0.466. The van der Waals surface area contributed by atoms with Gasteiger partial charge in [0.25, 0.3) is 0 Å². The molecule has 2 heterocycles. The van der Waals surface area contributed by atoms with Gasteiger partial charge in [0.2, 0.25) is 0 Å². The Balaban J connectivity index is 2.28. The molecule has 0 radical (unpaired) electrons. The molecule has 28 heavy (non-hydrogen) atoms. The van der Waals surface area contributed by atoms with Crippen LogP contribution in [0.25, 0.3) is 11.5 Å². The van der Waals surface area contributed by atoms with E-state index in [9.17, 15) is 13.2 Å². The normalized spacial score (nSPS) is 14.1. The number of aryl methyl sites for hydroxylation is 2. The van der Waals surface area contributed by atoms with E-state index in [0.29, 0.717) is 40.7 Å². The minimum atomic E-state index is -4.21. The van der Waals surface area contributed by atoms with Crippen LogP contribution in [0.3, 0.4) is 0 Å². The van der Waals surface area contributed by atoms with Crippen LogP contribution in [-0.4, -0.2) is 26.1 Å². The number of pyridine rings is 1. The molecule has 0 N–H and O–H groups in total. The molecule has 0 unspecified atom stereocenters. The minimum absolute atomic E-state index is 0.0398. The summed E-state index contributed by atoms with van der Waals surface area (Å²) in [6.45, 7) is 5.81. The molecule has 2 rings (SSSR count). The number of rotatable bonds is 9. The summed E-state index contributed by atoms with van der Waals surface area (Å²) in [6, 6.07) is 5.11. The van der Waals surface area contributed by atoms with Gasteiger partial charge in [-0.2, -0.15) is 13.2 Å². The first-order valence-electron chi connectivity index (χ1n) is 9.66. The SMILES string of the molecule is CC[C@H](C)CCc1nc(CC[C@H](CC)C(F)(F)F)nc(-c2cccc(Cl)n2)n1. The van der Waals surface area contributed by atoms with Crippen LogP contribution in [0, 0.1) is 11.8 Å². The van der Waals surface area contributed by atoms with Crippen LogP contribution in [0.2, 0.25) is 5.15 Å². The lowest BCUT2D eigenvalue weighted by molar-refractivity contribution is -0.176. The van der Waals surface area contributed by atoms with Gasteiger partial charge in [-0.25, -0.2) is 19.9 Å². The smallest absolute Gasteiger partial charge is 0.233 e. The molecule has 2 aromatic rings. The largest absolute Gasteiger partial charge is 0.391 e. The van der Waals surface area contributed by atoms with E-state index in [2.05, 4.69) is 33.8 Å². The molecule has 4 nitrogen and oxygen atoms in total. The zero-order chi connectivity index (χ0) is 20.7. The van der Waals surface area contributed by atoms with Crippen molar-refractivity contribution >= 4 is 11.6 Å². The van der Waals surface area contributed by atoms with Gasteiger partial charge in [-0.05, 0) is 37.3 Å². The second-order valence-corrected chi connectivity index (χ2v) is 7.46. The Morgan fingerprint density at radius 1 is 0.929 bits per heavy atom. The molecule has 0 aromatic carbocycles. The zero-order valence-corrected chi connectivity index (χ0v) is 17.2. The molecule has 0 aliphatic rings. The average molecular weight is 415 g/mol. The van der Waals surface area contributed by atoms with E-state index in [-0.39, 0.29) is 19.3 Å². The van der Waals surface area contributed by atoms with Crippen molar-refractivity contribution in [1.82, 2.24) is 19.9 Å². The average Bonchev–Trinajstić information content (AvgIpc) is 2.65. The van der Waals surface area contributed by atoms with Crippen molar-refractivity contribution in [3.63, 3.8) is 0 Å². The Hall–Kier alpha value is -1.76. The number of hydrogen-bond donors (Lipinski definition) is 0. The van der Waals surface area contributed by atoms with E-state index in [1.165, 1.54) is 0 Å². The van der Waals surface area contributed by atoms with Crippen LogP contribution in [0.4, 0.5) is 13.2 Å². The number of hydrogen-bond acceptors (Lipinski definition) is 4. The minimum Gasteiger partial charge on any atom is -0.233 e. The van der Waals surface area contributed by atoms with Crippen molar-refractivity contribution in [2.45, 2.75) is 65.5 Å². The highest BCUT2D eigenvalue weighted by Gasteiger charge is 2.37. The van der Waals surface area contributed by atoms with E-state index >= 15 is 0 Å². The van der Waals surface area contributed by atoms with Gasteiger partial charge >= 0.3 is 6.18 Å². The lowest BCUT2D eigenvalue weighted by Gasteiger charge is -2.18. The van der Waals surface area contributed by atoms with E-state index in [1.807, 2.05) is 0 Å². The topological polar surface area (TPSA) is 51.6 Å². The molecule has 2 atom stereocenters. The van der Waals surface area contributed by atoms with Crippen molar-refractivity contribution in [2.24, 2.45) is 11.8 Å². The predicted molar refractivity (Wildman–Crippen MR) is 104 cm³/mol. The van der Waals surface area contributed by atoms with Gasteiger partial charge in [-0.15, -0.1) is 0 Å². The summed E-state index contributed by atoms with van der Waals surface area (Å²) in [5.74, 6) is 0.464. The fourth-order valence-electron chi connectivity index (χ4n) is 2.82. The summed E-state index contributed by atoms with van der Waals surface area (Å²) >= 11 is 5.96. The number of aromatic nitrogens is 4. The highest BCUT2D eigenvalue weighted by Crippen LogP contribution is 2.32. The highest BCUT2D eigenvalue weighted by atomic mass is 35.5. The fourth-order valence-corrected chi connectivity index (χ4v) is 2.99. The first-order chi connectivity index (χ1) is 13.2. The van der Waals surface area contributed by atoms with Gasteiger partial charge in [-0.1, -0.05) is 44.9 Å². The molecule has 8 heteroatoms. The summed E-state index contributed by atoms with van der Waals surface area (Å²) in [5, 5.41) is 0.309. The molecule has 0 spiro atoms. The molecular weight excluding hydrogens is 389 g/mol. The number of halogens is 4. The van der Waals surface area contributed by atoms with Gasteiger partial charge in [0, 0.05) is 12.8 Å². The van der Waals surface area contributed by atoms with Gasteiger partial charge in [-0.3, -0.25) is 0 Å². The van der Waals surface area contributed by atoms with Crippen molar-refractivity contribution in [3.8, 4) is 11.5 Å². The Morgan fingerprint density at radius 2 is 1.57 bits per heavy atom. The molecule has 2 aromatic heterocycles. The summed E-state index contributed by atoms with van der Waals surface area (Å²) in [5.41, 5.74) is 0.490. The summed E-state index contributed by atoms with van der Waals surface area (Å²) in [7, 11) is 0. The van der Waals surface area contributed by atoms with Crippen LogP contribution in [0.1, 0.15) is 58.1 Å². The maximum Gasteiger partial charge on any atom is 0.391 e.